The van der Waals surface area contributed by atoms with Crippen molar-refractivity contribution >= 4 is 23.1 Å². The van der Waals surface area contributed by atoms with E-state index in [-0.39, 0.29) is 11.4 Å². The number of carbonyl (C=O) groups is 1. The van der Waals surface area contributed by atoms with Gasteiger partial charge >= 0.3 is 6.18 Å². The molecule has 0 radical (unpaired) electrons. The largest absolute Gasteiger partial charge is 0.416 e. The van der Waals surface area contributed by atoms with Crippen LogP contribution in [0.3, 0.4) is 0 Å². The topological polar surface area (TPSA) is 80.0 Å². The second-order valence-electron chi connectivity index (χ2n) is 5.41. The van der Waals surface area contributed by atoms with Gasteiger partial charge in [-0.15, -0.1) is 0 Å². The Kier molecular flexibility index (Phi) is 4.61. The summed E-state index contributed by atoms with van der Waals surface area (Å²) in [5, 5.41) is 9.11. The average molecular weight is 362 g/mol. The van der Waals surface area contributed by atoms with Crippen LogP contribution in [0.4, 0.5) is 30.4 Å². The number of aromatic nitrogens is 2. The summed E-state index contributed by atoms with van der Waals surface area (Å²) in [5.41, 5.74) is -0.257. The number of carbonyl (C=O) groups excluding carboxylic acids is 1. The highest BCUT2D eigenvalue weighted by atomic mass is 19.4. The number of aryl methyl sites for hydroxylation is 1. The van der Waals surface area contributed by atoms with Gasteiger partial charge in [-0.2, -0.15) is 13.2 Å². The van der Waals surface area contributed by atoms with Crippen molar-refractivity contribution in [3.8, 4) is 0 Å². The minimum atomic E-state index is -4.49. The zero-order valence-corrected chi connectivity index (χ0v) is 13.5. The summed E-state index contributed by atoms with van der Waals surface area (Å²) in [6, 6.07) is 9.11. The molecule has 0 fully saturated rings. The van der Waals surface area contributed by atoms with Crippen molar-refractivity contribution in [2.75, 3.05) is 10.6 Å². The number of alkyl halides is 3. The molecule has 6 nitrogen and oxygen atoms in total. The van der Waals surface area contributed by atoms with Crippen LogP contribution in [0.5, 0.6) is 0 Å². The van der Waals surface area contributed by atoms with E-state index in [9.17, 15) is 18.0 Å². The van der Waals surface area contributed by atoms with Gasteiger partial charge in [-0.25, -0.2) is 0 Å². The number of halogens is 3. The second-order valence-corrected chi connectivity index (χ2v) is 5.41. The maximum Gasteiger partial charge on any atom is 0.416 e. The lowest BCUT2D eigenvalue weighted by atomic mass is 10.2. The molecule has 0 aliphatic carbocycles. The number of rotatable bonds is 4. The Bertz CT molecular complexity index is 938. The van der Waals surface area contributed by atoms with E-state index >= 15 is 0 Å². The van der Waals surface area contributed by atoms with Crippen molar-refractivity contribution in [2.24, 2.45) is 0 Å². The van der Waals surface area contributed by atoms with Gasteiger partial charge in [0.25, 0.3) is 5.91 Å². The number of nitrogens with zero attached hydrogens (tertiary/aromatic N) is 2. The zero-order valence-electron chi connectivity index (χ0n) is 13.5. The second kappa shape index (κ2) is 6.87. The highest BCUT2D eigenvalue weighted by Crippen LogP contribution is 2.30. The van der Waals surface area contributed by atoms with Crippen LogP contribution in [0.1, 0.15) is 21.8 Å². The van der Waals surface area contributed by atoms with E-state index in [0.29, 0.717) is 17.3 Å². The summed E-state index contributed by atoms with van der Waals surface area (Å²) in [6.07, 6.45) is -3.09. The smallest absolute Gasteiger partial charge is 0.360 e. The Balaban J connectivity index is 1.75. The molecule has 1 amide bonds. The Hall–Kier alpha value is -3.36. The van der Waals surface area contributed by atoms with Gasteiger partial charge in [-0.1, -0.05) is 11.2 Å². The third-order valence-electron chi connectivity index (χ3n) is 3.34. The number of amides is 1. The standard InChI is InChI=1S/C17H13F3N4O2/c1-10-7-15(24-26-10)22-13-5-6-21-14(9-13)16(25)23-12-4-2-3-11(8-12)17(18,19)20/h2-9H,1H3,(H,23,25)(H,21,22,24). The number of pyridine rings is 1. The number of benzene rings is 1. The first-order valence-corrected chi connectivity index (χ1v) is 7.46. The fraction of sp³-hybridized carbons (Fsp3) is 0.118. The maximum absolute atomic E-state index is 12.7. The van der Waals surface area contributed by atoms with E-state index in [0.717, 1.165) is 12.1 Å². The highest BCUT2D eigenvalue weighted by molar-refractivity contribution is 6.03. The molecule has 26 heavy (non-hydrogen) atoms. The summed E-state index contributed by atoms with van der Waals surface area (Å²) in [5.74, 6) is 0.436. The molecule has 0 aliphatic heterocycles. The fourth-order valence-corrected chi connectivity index (χ4v) is 2.17. The van der Waals surface area contributed by atoms with Crippen LogP contribution in [0.25, 0.3) is 0 Å². The molecule has 0 unspecified atom stereocenters. The fourth-order valence-electron chi connectivity index (χ4n) is 2.17. The highest BCUT2D eigenvalue weighted by Gasteiger charge is 2.30. The zero-order chi connectivity index (χ0) is 18.7. The van der Waals surface area contributed by atoms with Crippen LogP contribution in [0, 0.1) is 6.92 Å². The van der Waals surface area contributed by atoms with Gasteiger partial charge in [0.1, 0.15) is 11.5 Å². The Morgan fingerprint density at radius 1 is 1.12 bits per heavy atom. The van der Waals surface area contributed by atoms with Crippen LogP contribution in [0.2, 0.25) is 0 Å². The van der Waals surface area contributed by atoms with Gasteiger partial charge in [-0.05, 0) is 37.3 Å². The first kappa shape index (κ1) is 17.5. The molecule has 0 atom stereocenters. The molecular formula is C17H13F3N4O2. The quantitative estimate of drug-likeness (QED) is 0.719. The molecule has 0 aliphatic rings. The molecule has 2 heterocycles. The lowest BCUT2D eigenvalue weighted by Crippen LogP contribution is -2.14. The van der Waals surface area contributed by atoms with Gasteiger partial charge in [0.05, 0.1) is 5.56 Å². The molecule has 0 spiro atoms. The van der Waals surface area contributed by atoms with Crippen molar-refractivity contribution in [2.45, 2.75) is 13.1 Å². The Morgan fingerprint density at radius 2 is 1.92 bits per heavy atom. The third-order valence-corrected chi connectivity index (χ3v) is 3.34. The predicted octanol–water partition coefficient (Wildman–Crippen LogP) is 4.39. The minimum absolute atomic E-state index is 0.0251. The summed E-state index contributed by atoms with van der Waals surface area (Å²) in [4.78, 5) is 16.2. The van der Waals surface area contributed by atoms with Crippen LogP contribution < -0.4 is 10.6 Å². The van der Waals surface area contributed by atoms with Crippen LogP contribution in [0.15, 0.2) is 53.2 Å². The Morgan fingerprint density at radius 3 is 2.62 bits per heavy atom. The van der Waals surface area contributed by atoms with E-state index in [2.05, 4.69) is 20.8 Å². The molecule has 2 aromatic heterocycles. The molecule has 3 aromatic rings. The minimum Gasteiger partial charge on any atom is -0.360 e. The predicted molar refractivity (Wildman–Crippen MR) is 88.2 cm³/mol. The molecule has 0 saturated heterocycles. The van der Waals surface area contributed by atoms with Crippen molar-refractivity contribution in [1.82, 2.24) is 10.1 Å². The van der Waals surface area contributed by atoms with Gasteiger partial charge in [0.2, 0.25) is 0 Å². The normalized spacial score (nSPS) is 11.2. The van der Waals surface area contributed by atoms with E-state index in [1.807, 2.05) is 0 Å². The van der Waals surface area contributed by atoms with Crippen molar-refractivity contribution in [3.63, 3.8) is 0 Å². The molecule has 9 heteroatoms. The summed E-state index contributed by atoms with van der Waals surface area (Å²) in [6.45, 7) is 1.73. The van der Waals surface area contributed by atoms with E-state index < -0.39 is 17.6 Å². The maximum atomic E-state index is 12.7. The first-order chi connectivity index (χ1) is 12.3. The summed E-state index contributed by atoms with van der Waals surface area (Å²) >= 11 is 0. The molecule has 0 bridgehead atoms. The molecular weight excluding hydrogens is 349 g/mol. The molecule has 2 N–H and O–H groups in total. The van der Waals surface area contributed by atoms with Crippen LogP contribution in [-0.4, -0.2) is 16.0 Å². The van der Waals surface area contributed by atoms with Gasteiger partial charge < -0.3 is 15.2 Å². The van der Waals surface area contributed by atoms with Crippen molar-refractivity contribution in [3.05, 3.63) is 65.7 Å². The lowest BCUT2D eigenvalue weighted by Gasteiger charge is -2.10. The van der Waals surface area contributed by atoms with Crippen LogP contribution >= 0.6 is 0 Å². The number of nitrogens with one attached hydrogen (secondary N) is 2. The number of anilines is 3. The molecule has 3 rings (SSSR count). The van der Waals surface area contributed by atoms with E-state index in [1.165, 1.54) is 24.4 Å². The van der Waals surface area contributed by atoms with Gasteiger partial charge in [0.15, 0.2) is 5.82 Å². The van der Waals surface area contributed by atoms with E-state index in [4.69, 9.17) is 4.52 Å². The Labute approximate surface area is 146 Å². The van der Waals surface area contributed by atoms with Crippen molar-refractivity contribution < 1.29 is 22.5 Å². The SMILES string of the molecule is Cc1cc(Nc2ccnc(C(=O)Nc3cccc(C(F)(F)F)c3)c2)no1. The summed E-state index contributed by atoms with van der Waals surface area (Å²) in [7, 11) is 0. The first-order valence-electron chi connectivity index (χ1n) is 7.46. The summed E-state index contributed by atoms with van der Waals surface area (Å²) < 4.78 is 43.2. The van der Waals surface area contributed by atoms with E-state index in [1.54, 1.807) is 19.1 Å². The van der Waals surface area contributed by atoms with Gasteiger partial charge in [-0.3, -0.25) is 9.78 Å². The van der Waals surface area contributed by atoms with Crippen LogP contribution in [-0.2, 0) is 6.18 Å². The third kappa shape index (κ3) is 4.18. The molecule has 0 saturated carbocycles. The number of hydrogen-bond acceptors (Lipinski definition) is 5. The molecule has 1 aromatic carbocycles. The van der Waals surface area contributed by atoms with Gasteiger partial charge in [0, 0.05) is 23.6 Å². The average Bonchev–Trinajstić information content (AvgIpc) is 2.99. The lowest BCUT2D eigenvalue weighted by molar-refractivity contribution is -0.137. The number of hydrogen-bond donors (Lipinski definition) is 2. The molecule has 134 valence electrons. The van der Waals surface area contributed by atoms with Crippen molar-refractivity contribution in [1.29, 1.82) is 0 Å². The monoisotopic (exact) mass is 362 g/mol.